The summed E-state index contributed by atoms with van der Waals surface area (Å²) in [5.74, 6) is 1.08. The molecular weight excluding hydrogens is 348 g/mol. The molecule has 0 unspecified atom stereocenters. The molecule has 1 aliphatic rings. The van der Waals surface area contributed by atoms with Gasteiger partial charge in [-0.05, 0) is 44.4 Å². The van der Waals surface area contributed by atoms with Crippen LogP contribution >= 0.6 is 0 Å². The second kappa shape index (κ2) is 9.26. The maximum absolute atomic E-state index is 11.2. The molecule has 0 amide bonds. The lowest BCUT2D eigenvalue weighted by atomic mass is 10.1. The number of hydrogen-bond donors (Lipinski definition) is 1. The van der Waals surface area contributed by atoms with Gasteiger partial charge in [0.2, 0.25) is 0 Å². The van der Waals surface area contributed by atoms with Gasteiger partial charge in [-0.1, -0.05) is 12.1 Å². The molecule has 0 bridgehead atoms. The Bertz CT molecular complexity index is 723. The highest BCUT2D eigenvalue weighted by molar-refractivity contribution is 7.90. The Morgan fingerprint density at radius 3 is 2.50 bits per heavy atom. The fraction of sp³-hybridized carbons (Fsp3) is 0.632. The zero-order valence-corrected chi connectivity index (χ0v) is 17.3. The number of rotatable bonds is 6. The van der Waals surface area contributed by atoms with Gasteiger partial charge in [0.15, 0.2) is 5.96 Å². The molecule has 6 nitrogen and oxygen atoms in total. The Hall–Kier alpha value is -1.76. The Kier molecular flexibility index (Phi) is 7.32. The molecule has 26 heavy (non-hydrogen) atoms. The first-order chi connectivity index (χ1) is 12.3. The van der Waals surface area contributed by atoms with Gasteiger partial charge in [-0.3, -0.25) is 4.99 Å². The zero-order chi connectivity index (χ0) is 19.2. The summed E-state index contributed by atoms with van der Waals surface area (Å²) in [5.41, 5.74) is 3.99. The van der Waals surface area contributed by atoms with Crippen molar-refractivity contribution in [1.29, 1.82) is 0 Å². The van der Waals surface area contributed by atoms with Crippen molar-refractivity contribution in [3.05, 3.63) is 29.3 Å². The third kappa shape index (κ3) is 5.90. The van der Waals surface area contributed by atoms with Gasteiger partial charge in [-0.2, -0.15) is 0 Å². The van der Waals surface area contributed by atoms with Crippen LogP contribution in [0.15, 0.2) is 23.2 Å². The maximum atomic E-state index is 11.2. The van der Waals surface area contributed by atoms with Crippen LogP contribution in [0, 0.1) is 13.8 Å². The number of sulfone groups is 1. The third-order valence-electron chi connectivity index (χ3n) is 4.77. The second-order valence-electron chi connectivity index (χ2n) is 6.91. The van der Waals surface area contributed by atoms with E-state index >= 15 is 0 Å². The first kappa shape index (κ1) is 20.6. The first-order valence-electron chi connectivity index (χ1n) is 9.34. The molecule has 1 aromatic rings. The highest BCUT2D eigenvalue weighted by Gasteiger charge is 2.21. The van der Waals surface area contributed by atoms with Crippen LogP contribution in [-0.2, 0) is 9.84 Å². The van der Waals surface area contributed by atoms with Crippen molar-refractivity contribution in [3.8, 4) is 0 Å². The van der Waals surface area contributed by atoms with Crippen molar-refractivity contribution in [2.75, 3.05) is 56.2 Å². The largest absolute Gasteiger partial charge is 0.368 e. The lowest BCUT2D eigenvalue weighted by molar-refractivity contribution is 0.372. The number of benzene rings is 1. The van der Waals surface area contributed by atoms with E-state index in [2.05, 4.69) is 59.1 Å². The third-order valence-corrected chi connectivity index (χ3v) is 5.80. The van der Waals surface area contributed by atoms with Crippen LogP contribution in [-0.4, -0.2) is 70.6 Å². The van der Waals surface area contributed by atoms with Crippen LogP contribution < -0.4 is 10.2 Å². The molecule has 1 fully saturated rings. The lowest BCUT2D eigenvalue weighted by Crippen LogP contribution is -2.52. The van der Waals surface area contributed by atoms with Gasteiger partial charge >= 0.3 is 0 Å². The summed E-state index contributed by atoms with van der Waals surface area (Å²) in [5, 5.41) is 3.33. The second-order valence-corrected chi connectivity index (χ2v) is 9.17. The van der Waals surface area contributed by atoms with Crippen molar-refractivity contribution >= 4 is 21.5 Å². The lowest BCUT2D eigenvalue weighted by Gasteiger charge is -2.38. The summed E-state index contributed by atoms with van der Waals surface area (Å²) >= 11 is 0. The van der Waals surface area contributed by atoms with Crippen LogP contribution in [0.25, 0.3) is 0 Å². The van der Waals surface area contributed by atoms with Gasteiger partial charge < -0.3 is 15.1 Å². The minimum absolute atomic E-state index is 0.191. The predicted molar refractivity (Wildman–Crippen MR) is 110 cm³/mol. The average Bonchev–Trinajstić information content (AvgIpc) is 2.59. The van der Waals surface area contributed by atoms with Gasteiger partial charge in [0.1, 0.15) is 9.84 Å². The fourth-order valence-corrected chi connectivity index (χ4v) is 3.83. The standard InChI is InChI=1S/C19H32N4O2S/c1-5-20-19(21-10-7-15-26(4,24)25)23-13-11-22(12-14-23)18-9-6-8-16(2)17(18)3/h6,8-9H,5,7,10-15H2,1-4H3,(H,20,21). The molecule has 0 saturated carbocycles. The molecule has 1 aliphatic heterocycles. The van der Waals surface area contributed by atoms with E-state index in [9.17, 15) is 8.42 Å². The van der Waals surface area contributed by atoms with E-state index in [4.69, 9.17) is 0 Å². The van der Waals surface area contributed by atoms with E-state index in [1.54, 1.807) is 0 Å². The van der Waals surface area contributed by atoms with Crippen LogP contribution in [0.4, 0.5) is 5.69 Å². The molecule has 1 saturated heterocycles. The number of guanidine groups is 1. The molecule has 2 rings (SSSR count). The fourth-order valence-electron chi connectivity index (χ4n) is 3.17. The topological polar surface area (TPSA) is 65.0 Å². The van der Waals surface area contributed by atoms with Crippen molar-refractivity contribution < 1.29 is 8.42 Å². The van der Waals surface area contributed by atoms with Crippen LogP contribution in [0.3, 0.4) is 0 Å². The summed E-state index contributed by atoms with van der Waals surface area (Å²) in [6, 6.07) is 6.47. The van der Waals surface area contributed by atoms with Crippen molar-refractivity contribution in [2.45, 2.75) is 27.2 Å². The SMILES string of the molecule is CCNC(=NCCCS(C)(=O)=O)N1CCN(c2cccc(C)c2C)CC1. The number of piperazine rings is 1. The average molecular weight is 381 g/mol. The Morgan fingerprint density at radius 2 is 1.88 bits per heavy atom. The smallest absolute Gasteiger partial charge is 0.194 e. The minimum Gasteiger partial charge on any atom is -0.368 e. The molecule has 1 heterocycles. The van der Waals surface area contributed by atoms with Crippen molar-refractivity contribution in [1.82, 2.24) is 10.2 Å². The van der Waals surface area contributed by atoms with Gasteiger partial charge in [0.05, 0.1) is 5.75 Å². The van der Waals surface area contributed by atoms with E-state index in [-0.39, 0.29) is 5.75 Å². The van der Waals surface area contributed by atoms with Gasteiger partial charge in [-0.25, -0.2) is 8.42 Å². The molecule has 146 valence electrons. The Labute approximate surface area is 158 Å². The van der Waals surface area contributed by atoms with Crippen molar-refractivity contribution in [2.24, 2.45) is 4.99 Å². The molecule has 0 spiro atoms. The minimum atomic E-state index is -2.91. The highest BCUT2D eigenvalue weighted by Crippen LogP contribution is 2.23. The van der Waals surface area contributed by atoms with E-state index in [1.165, 1.54) is 23.1 Å². The molecular formula is C19H32N4O2S. The molecule has 0 aliphatic carbocycles. The van der Waals surface area contributed by atoms with Crippen LogP contribution in [0.2, 0.25) is 0 Å². The molecule has 0 atom stereocenters. The van der Waals surface area contributed by atoms with Crippen LogP contribution in [0.5, 0.6) is 0 Å². The quantitative estimate of drug-likeness (QED) is 0.463. The molecule has 1 N–H and O–H groups in total. The zero-order valence-electron chi connectivity index (χ0n) is 16.5. The van der Waals surface area contributed by atoms with E-state index in [1.807, 2.05) is 0 Å². The number of nitrogens with one attached hydrogen (secondary N) is 1. The van der Waals surface area contributed by atoms with Gasteiger partial charge in [-0.15, -0.1) is 0 Å². The number of aryl methyl sites for hydroxylation is 1. The summed E-state index contributed by atoms with van der Waals surface area (Å²) < 4.78 is 22.5. The van der Waals surface area contributed by atoms with E-state index in [0.29, 0.717) is 13.0 Å². The Morgan fingerprint density at radius 1 is 1.19 bits per heavy atom. The molecule has 7 heteroatoms. The van der Waals surface area contributed by atoms with Gasteiger partial charge in [0.25, 0.3) is 0 Å². The summed E-state index contributed by atoms with van der Waals surface area (Å²) in [6.07, 6.45) is 1.84. The summed E-state index contributed by atoms with van der Waals surface area (Å²) in [7, 11) is -2.91. The highest BCUT2D eigenvalue weighted by atomic mass is 32.2. The van der Waals surface area contributed by atoms with Crippen molar-refractivity contribution in [3.63, 3.8) is 0 Å². The predicted octanol–water partition coefficient (Wildman–Crippen LogP) is 1.83. The number of anilines is 1. The summed E-state index contributed by atoms with van der Waals surface area (Å²) in [6.45, 7) is 11.5. The first-order valence-corrected chi connectivity index (χ1v) is 11.4. The molecule has 0 aromatic heterocycles. The molecule has 0 radical (unpaired) electrons. The summed E-state index contributed by atoms with van der Waals surface area (Å²) in [4.78, 5) is 9.32. The normalized spacial score (nSPS) is 16.1. The number of aliphatic imine (C=N–C) groups is 1. The Balaban J connectivity index is 1.95. The van der Waals surface area contributed by atoms with Gasteiger partial charge in [0, 0.05) is 51.2 Å². The number of hydrogen-bond acceptors (Lipinski definition) is 4. The molecule has 1 aromatic carbocycles. The van der Waals surface area contributed by atoms with E-state index in [0.717, 1.165) is 38.7 Å². The van der Waals surface area contributed by atoms with E-state index < -0.39 is 9.84 Å². The van der Waals surface area contributed by atoms with Crippen LogP contribution in [0.1, 0.15) is 24.5 Å². The number of nitrogens with zero attached hydrogens (tertiary/aromatic N) is 3. The maximum Gasteiger partial charge on any atom is 0.194 e. The monoisotopic (exact) mass is 380 g/mol.